The third-order valence-corrected chi connectivity index (χ3v) is 3.04. The predicted octanol–water partition coefficient (Wildman–Crippen LogP) is 2.00. The first kappa shape index (κ1) is 12.0. The molecule has 0 bridgehead atoms. The first-order valence-electron chi connectivity index (χ1n) is 4.90. The fraction of sp³-hybridized carbons (Fsp3) is 0.500. The Kier molecular flexibility index (Phi) is 4.55. The molecule has 1 aliphatic heterocycles. The topological polar surface area (TPSA) is 63.2 Å². The number of carbonyl (C=O) groups is 3. The second kappa shape index (κ2) is 5.70. The fourth-order valence-corrected chi connectivity index (χ4v) is 2.07. The molecule has 0 spiro atoms. The van der Waals surface area contributed by atoms with Gasteiger partial charge < -0.3 is 0 Å². The molecule has 0 aromatic rings. The van der Waals surface area contributed by atoms with Gasteiger partial charge in [0.1, 0.15) is 6.29 Å². The summed E-state index contributed by atoms with van der Waals surface area (Å²) in [6.45, 7) is 2.06. The zero-order valence-electron chi connectivity index (χ0n) is 8.54. The van der Waals surface area contributed by atoms with Crippen LogP contribution in [0.5, 0.6) is 0 Å². The van der Waals surface area contributed by atoms with Gasteiger partial charge in [0.15, 0.2) is 0 Å². The Morgan fingerprint density at radius 1 is 1.40 bits per heavy atom. The van der Waals surface area contributed by atoms with Crippen molar-refractivity contribution in [3.63, 3.8) is 0 Å². The number of hydrogen-bond donors (Lipinski definition) is 1. The number of hydrogen-bond acceptors (Lipinski definition) is 4. The molecule has 5 heteroatoms. The summed E-state index contributed by atoms with van der Waals surface area (Å²) in [6.07, 6.45) is 4.19. The van der Waals surface area contributed by atoms with E-state index in [2.05, 4.69) is 12.2 Å². The second-order valence-electron chi connectivity index (χ2n) is 3.27. The van der Waals surface area contributed by atoms with Gasteiger partial charge in [-0.3, -0.25) is 19.7 Å². The van der Waals surface area contributed by atoms with Crippen LogP contribution in [-0.2, 0) is 9.59 Å². The summed E-state index contributed by atoms with van der Waals surface area (Å²) in [5.74, 6) is -0.441. The first-order chi connectivity index (χ1) is 7.19. The lowest BCUT2D eigenvalue weighted by atomic mass is 10.1. The summed E-state index contributed by atoms with van der Waals surface area (Å²) in [7, 11) is 0. The summed E-state index contributed by atoms with van der Waals surface area (Å²) in [6, 6.07) is 0. The predicted molar refractivity (Wildman–Crippen MR) is 58.4 cm³/mol. The van der Waals surface area contributed by atoms with Crippen molar-refractivity contribution in [3.8, 4) is 0 Å². The summed E-state index contributed by atoms with van der Waals surface area (Å²) >= 11 is 0.813. The molecule has 1 fully saturated rings. The Morgan fingerprint density at radius 3 is 2.60 bits per heavy atom. The number of unbranched alkanes of at least 4 members (excludes halogenated alkanes) is 2. The number of carbonyl (C=O) groups excluding carboxylic acids is 3. The molecule has 0 aromatic carbocycles. The zero-order valence-corrected chi connectivity index (χ0v) is 9.36. The molecule has 0 aromatic heterocycles. The standard InChI is InChI=1S/C10H13NO3S/c1-2-3-4-5-7(6-12)8-9(13)11-10(14)15-8/h6H,2-5H2,1H3,(H,11,13,14)/b8-7-. The van der Waals surface area contributed by atoms with Crippen LogP contribution < -0.4 is 5.32 Å². The first-order valence-corrected chi connectivity index (χ1v) is 5.72. The van der Waals surface area contributed by atoms with E-state index in [0.717, 1.165) is 31.0 Å². The van der Waals surface area contributed by atoms with E-state index in [4.69, 9.17) is 0 Å². The highest BCUT2D eigenvalue weighted by Gasteiger charge is 2.27. The minimum Gasteiger partial charge on any atom is -0.298 e. The van der Waals surface area contributed by atoms with E-state index in [1.54, 1.807) is 0 Å². The number of thioether (sulfide) groups is 1. The lowest BCUT2D eigenvalue weighted by molar-refractivity contribution is -0.115. The Balaban J connectivity index is 2.70. The minimum absolute atomic E-state index is 0.270. The van der Waals surface area contributed by atoms with Crippen molar-refractivity contribution in [2.75, 3.05) is 0 Å². The lowest BCUT2D eigenvalue weighted by Gasteiger charge is -2.00. The van der Waals surface area contributed by atoms with Crippen molar-refractivity contribution in [2.45, 2.75) is 32.6 Å². The van der Waals surface area contributed by atoms with Gasteiger partial charge in [0.2, 0.25) is 0 Å². The van der Waals surface area contributed by atoms with Gasteiger partial charge in [-0.05, 0) is 24.6 Å². The SMILES string of the molecule is CCCCC/C(C=O)=C1/SC(=O)NC1=O. The van der Waals surface area contributed by atoms with Crippen LogP contribution in [0.1, 0.15) is 32.6 Å². The van der Waals surface area contributed by atoms with E-state index < -0.39 is 11.1 Å². The molecule has 0 radical (unpaired) electrons. The summed E-state index contributed by atoms with van der Waals surface area (Å²) in [5, 5.41) is 1.74. The summed E-state index contributed by atoms with van der Waals surface area (Å²) in [5.41, 5.74) is 0.441. The average molecular weight is 227 g/mol. The molecular formula is C10H13NO3S. The van der Waals surface area contributed by atoms with Gasteiger partial charge >= 0.3 is 0 Å². The monoisotopic (exact) mass is 227 g/mol. The van der Waals surface area contributed by atoms with E-state index in [9.17, 15) is 14.4 Å². The van der Waals surface area contributed by atoms with Crippen LogP contribution in [-0.4, -0.2) is 17.4 Å². The van der Waals surface area contributed by atoms with E-state index in [1.165, 1.54) is 0 Å². The molecule has 1 rings (SSSR count). The number of rotatable bonds is 5. The summed E-state index contributed by atoms with van der Waals surface area (Å²) in [4.78, 5) is 33.2. The molecule has 0 unspecified atom stereocenters. The minimum atomic E-state index is -0.441. The van der Waals surface area contributed by atoms with Crippen molar-refractivity contribution >= 4 is 29.2 Å². The number of aldehydes is 1. The number of nitrogens with one attached hydrogen (secondary N) is 1. The van der Waals surface area contributed by atoms with Crippen molar-refractivity contribution in [1.29, 1.82) is 0 Å². The van der Waals surface area contributed by atoms with E-state index >= 15 is 0 Å². The molecule has 1 heterocycles. The van der Waals surface area contributed by atoms with Crippen molar-refractivity contribution in [2.24, 2.45) is 0 Å². The smallest absolute Gasteiger partial charge is 0.290 e. The van der Waals surface area contributed by atoms with E-state index in [0.29, 0.717) is 18.3 Å². The molecular weight excluding hydrogens is 214 g/mol. The second-order valence-corrected chi connectivity index (χ2v) is 4.26. The largest absolute Gasteiger partial charge is 0.298 e. The summed E-state index contributed by atoms with van der Waals surface area (Å²) < 4.78 is 0. The zero-order chi connectivity index (χ0) is 11.3. The molecule has 1 N–H and O–H groups in total. The maximum absolute atomic E-state index is 11.2. The highest BCUT2D eigenvalue weighted by atomic mass is 32.2. The molecule has 82 valence electrons. The van der Waals surface area contributed by atoms with Gasteiger partial charge in [-0.25, -0.2) is 0 Å². The third-order valence-electron chi connectivity index (χ3n) is 2.10. The van der Waals surface area contributed by atoms with Gasteiger partial charge in [-0.15, -0.1) is 0 Å². The van der Waals surface area contributed by atoms with Crippen molar-refractivity contribution in [1.82, 2.24) is 5.32 Å². The van der Waals surface area contributed by atoms with Crippen LogP contribution in [0.4, 0.5) is 4.79 Å². The van der Waals surface area contributed by atoms with Crippen LogP contribution >= 0.6 is 11.8 Å². The Morgan fingerprint density at radius 2 is 2.13 bits per heavy atom. The van der Waals surface area contributed by atoms with Gasteiger partial charge in [0, 0.05) is 5.57 Å². The quantitative estimate of drug-likeness (QED) is 0.443. The Bertz CT molecular complexity index is 323. The van der Waals surface area contributed by atoms with Gasteiger partial charge in [-0.2, -0.15) is 0 Å². The molecule has 0 saturated carbocycles. The number of imide groups is 1. The van der Waals surface area contributed by atoms with Crippen LogP contribution in [0, 0.1) is 0 Å². The Labute approximate surface area is 92.5 Å². The van der Waals surface area contributed by atoms with Gasteiger partial charge in [0.05, 0.1) is 4.91 Å². The maximum atomic E-state index is 11.2. The third kappa shape index (κ3) is 3.20. The highest BCUT2D eigenvalue weighted by molar-refractivity contribution is 8.18. The van der Waals surface area contributed by atoms with Crippen molar-refractivity contribution in [3.05, 3.63) is 10.5 Å². The van der Waals surface area contributed by atoms with Crippen molar-refractivity contribution < 1.29 is 14.4 Å². The highest BCUT2D eigenvalue weighted by Crippen LogP contribution is 2.27. The normalized spacial score (nSPS) is 19.0. The molecule has 1 saturated heterocycles. The van der Waals surface area contributed by atoms with Crippen LogP contribution in [0.3, 0.4) is 0 Å². The average Bonchev–Trinajstić information content (AvgIpc) is 2.53. The molecule has 2 amide bonds. The van der Waals surface area contributed by atoms with Crippen LogP contribution in [0.15, 0.2) is 10.5 Å². The molecule has 15 heavy (non-hydrogen) atoms. The van der Waals surface area contributed by atoms with Gasteiger partial charge in [-0.1, -0.05) is 19.8 Å². The molecule has 4 nitrogen and oxygen atoms in total. The fourth-order valence-electron chi connectivity index (χ4n) is 1.32. The Hall–Kier alpha value is -1.10. The molecule has 0 atom stereocenters. The van der Waals surface area contributed by atoms with E-state index in [1.807, 2.05) is 0 Å². The molecule has 0 aliphatic carbocycles. The number of amides is 2. The van der Waals surface area contributed by atoms with E-state index in [-0.39, 0.29) is 4.91 Å². The van der Waals surface area contributed by atoms with Crippen LogP contribution in [0.25, 0.3) is 0 Å². The molecule has 1 aliphatic rings. The van der Waals surface area contributed by atoms with Gasteiger partial charge in [0.25, 0.3) is 11.1 Å². The number of allylic oxidation sites excluding steroid dienone is 1. The van der Waals surface area contributed by atoms with Crippen LogP contribution in [0.2, 0.25) is 0 Å². The lowest BCUT2D eigenvalue weighted by Crippen LogP contribution is -2.18. The maximum Gasteiger partial charge on any atom is 0.290 e.